The van der Waals surface area contributed by atoms with Crippen LogP contribution in [-0.4, -0.2) is 61.4 Å². The van der Waals surface area contributed by atoms with E-state index in [-0.39, 0.29) is 18.5 Å². The Balaban J connectivity index is 4.51. The SMILES string of the molecule is CCCCCCCCC(CCCCCC)COC(=O)CCCCCN(CCCCCCO)CCCCCC(=O)OCC(CCCCCC)CCCCCCCC. The van der Waals surface area contributed by atoms with E-state index in [0.29, 0.717) is 37.9 Å². The Morgan fingerprint density at radius 2 is 0.679 bits per heavy atom. The van der Waals surface area contributed by atoms with Gasteiger partial charge >= 0.3 is 11.9 Å². The minimum Gasteiger partial charge on any atom is -0.465 e. The fourth-order valence-electron chi connectivity index (χ4n) is 8.03. The summed E-state index contributed by atoms with van der Waals surface area (Å²) in [6.07, 6.45) is 42.4. The first kappa shape index (κ1) is 54.9. The predicted molar refractivity (Wildman–Crippen MR) is 241 cm³/mol. The molecule has 0 aliphatic heterocycles. The average Bonchev–Trinajstić information content (AvgIpc) is 3.20. The molecule has 0 radical (unpaired) electrons. The van der Waals surface area contributed by atoms with E-state index >= 15 is 0 Å². The van der Waals surface area contributed by atoms with Crippen LogP contribution in [-0.2, 0) is 19.1 Å². The summed E-state index contributed by atoms with van der Waals surface area (Å²) in [5.41, 5.74) is 0. The van der Waals surface area contributed by atoms with Crippen LogP contribution in [0.3, 0.4) is 0 Å². The summed E-state index contributed by atoms with van der Waals surface area (Å²) in [6, 6.07) is 0. The van der Waals surface area contributed by atoms with Crippen molar-refractivity contribution in [2.45, 2.75) is 259 Å². The molecule has 0 aromatic rings. The molecule has 0 saturated carbocycles. The highest BCUT2D eigenvalue weighted by Gasteiger charge is 2.14. The number of carbonyl (C=O) groups is 2. The highest BCUT2D eigenvalue weighted by Crippen LogP contribution is 2.21. The van der Waals surface area contributed by atoms with Gasteiger partial charge in [0.1, 0.15) is 0 Å². The minimum absolute atomic E-state index is 0.00827. The summed E-state index contributed by atoms with van der Waals surface area (Å²) in [5.74, 6) is 1.03. The van der Waals surface area contributed by atoms with Gasteiger partial charge in [-0.2, -0.15) is 0 Å². The second kappa shape index (κ2) is 45.0. The van der Waals surface area contributed by atoms with Crippen molar-refractivity contribution in [3.8, 4) is 0 Å². The van der Waals surface area contributed by atoms with Crippen molar-refractivity contribution in [1.82, 2.24) is 4.90 Å². The van der Waals surface area contributed by atoms with Gasteiger partial charge in [0.15, 0.2) is 0 Å². The summed E-state index contributed by atoms with van der Waals surface area (Å²) in [4.78, 5) is 28.0. The molecular formula is C50H99NO5. The maximum absolute atomic E-state index is 12.7. The van der Waals surface area contributed by atoms with Crippen molar-refractivity contribution in [2.75, 3.05) is 39.5 Å². The van der Waals surface area contributed by atoms with Crippen LogP contribution in [0, 0.1) is 11.8 Å². The molecule has 0 aliphatic rings. The summed E-state index contributed by atoms with van der Waals surface area (Å²) >= 11 is 0. The first-order valence-electron chi connectivity index (χ1n) is 25.1. The largest absolute Gasteiger partial charge is 0.465 e. The number of hydrogen-bond donors (Lipinski definition) is 1. The number of esters is 2. The zero-order valence-corrected chi connectivity index (χ0v) is 38.4. The van der Waals surface area contributed by atoms with Gasteiger partial charge in [-0.25, -0.2) is 0 Å². The topological polar surface area (TPSA) is 76.1 Å². The van der Waals surface area contributed by atoms with E-state index < -0.39 is 0 Å². The van der Waals surface area contributed by atoms with Gasteiger partial charge < -0.3 is 19.5 Å². The molecule has 6 nitrogen and oxygen atoms in total. The van der Waals surface area contributed by atoms with E-state index in [1.807, 2.05) is 0 Å². The smallest absolute Gasteiger partial charge is 0.305 e. The molecule has 0 saturated heterocycles. The first-order valence-corrected chi connectivity index (χ1v) is 25.1. The van der Waals surface area contributed by atoms with Crippen LogP contribution in [0.5, 0.6) is 0 Å². The zero-order valence-electron chi connectivity index (χ0n) is 38.4. The molecule has 334 valence electrons. The van der Waals surface area contributed by atoms with Crippen LogP contribution >= 0.6 is 0 Å². The number of rotatable bonds is 46. The fraction of sp³-hybridized carbons (Fsp3) is 0.960. The Kier molecular flexibility index (Phi) is 44.0. The van der Waals surface area contributed by atoms with Crippen molar-refractivity contribution >= 4 is 11.9 Å². The Bertz CT molecular complexity index is 748. The fourth-order valence-corrected chi connectivity index (χ4v) is 8.03. The van der Waals surface area contributed by atoms with Crippen molar-refractivity contribution < 1.29 is 24.2 Å². The molecule has 0 bridgehead atoms. The molecule has 0 rings (SSSR count). The third-order valence-corrected chi connectivity index (χ3v) is 11.9. The first-order chi connectivity index (χ1) is 27.5. The molecule has 0 aliphatic carbocycles. The van der Waals surface area contributed by atoms with Gasteiger partial charge in [-0.1, -0.05) is 182 Å². The molecule has 0 spiro atoms. The Hall–Kier alpha value is -1.14. The molecule has 0 fully saturated rings. The lowest BCUT2D eigenvalue weighted by atomic mass is 9.95. The number of ether oxygens (including phenoxy) is 2. The van der Waals surface area contributed by atoms with Crippen molar-refractivity contribution in [1.29, 1.82) is 0 Å². The zero-order chi connectivity index (χ0) is 41.0. The summed E-state index contributed by atoms with van der Waals surface area (Å²) in [5, 5.41) is 9.17. The van der Waals surface area contributed by atoms with Crippen LogP contribution < -0.4 is 0 Å². The number of carbonyl (C=O) groups excluding carboxylic acids is 2. The summed E-state index contributed by atoms with van der Waals surface area (Å²) < 4.78 is 11.7. The molecule has 0 aromatic heterocycles. The van der Waals surface area contributed by atoms with Crippen LogP contribution in [0.2, 0.25) is 0 Å². The summed E-state index contributed by atoms with van der Waals surface area (Å²) in [7, 11) is 0. The second-order valence-corrected chi connectivity index (χ2v) is 17.5. The minimum atomic E-state index is -0.00827. The molecule has 0 aromatic carbocycles. The summed E-state index contributed by atoms with van der Waals surface area (Å²) in [6.45, 7) is 13.8. The third kappa shape index (κ3) is 39.7. The number of unbranched alkanes of at least 4 members (excludes halogenated alkanes) is 23. The third-order valence-electron chi connectivity index (χ3n) is 11.9. The normalized spacial score (nSPS) is 12.7. The van der Waals surface area contributed by atoms with Crippen LogP contribution in [0.15, 0.2) is 0 Å². The second-order valence-electron chi connectivity index (χ2n) is 17.5. The molecule has 1 N–H and O–H groups in total. The van der Waals surface area contributed by atoms with Gasteiger partial charge in [-0.15, -0.1) is 0 Å². The maximum Gasteiger partial charge on any atom is 0.305 e. The van der Waals surface area contributed by atoms with Gasteiger partial charge in [-0.05, 0) is 95.7 Å². The molecular weight excluding hydrogens is 695 g/mol. The molecule has 0 amide bonds. The number of aliphatic hydroxyl groups excluding tert-OH is 1. The standard InChI is InChI=1S/C50H99NO5/c1-5-9-13-17-19-27-37-47(35-25-15-11-7-3)45-55-49(53)39-29-23-32-42-51(41-31-21-22-34-44-52)43-33-24-30-40-50(54)56-46-48(36-26-16-12-8-4)38-28-20-18-14-10-6-2/h47-48,52H,5-46H2,1-4H3. The van der Waals surface area contributed by atoms with E-state index in [2.05, 4.69) is 32.6 Å². The molecule has 56 heavy (non-hydrogen) atoms. The van der Waals surface area contributed by atoms with Crippen molar-refractivity contribution in [3.05, 3.63) is 0 Å². The molecule has 0 heterocycles. The Morgan fingerprint density at radius 3 is 1.04 bits per heavy atom. The monoisotopic (exact) mass is 794 g/mol. The number of hydrogen-bond acceptors (Lipinski definition) is 6. The highest BCUT2D eigenvalue weighted by atomic mass is 16.5. The van der Waals surface area contributed by atoms with Crippen LogP contribution in [0.1, 0.15) is 259 Å². The molecule has 2 unspecified atom stereocenters. The van der Waals surface area contributed by atoms with Gasteiger partial charge in [0.2, 0.25) is 0 Å². The van der Waals surface area contributed by atoms with Crippen LogP contribution in [0.4, 0.5) is 0 Å². The lowest BCUT2D eigenvalue weighted by Gasteiger charge is -2.22. The number of nitrogens with zero attached hydrogens (tertiary/aromatic N) is 1. The maximum atomic E-state index is 12.7. The quantitative estimate of drug-likeness (QED) is 0.0489. The Morgan fingerprint density at radius 1 is 0.393 bits per heavy atom. The molecule has 6 heteroatoms. The van der Waals surface area contributed by atoms with E-state index in [4.69, 9.17) is 9.47 Å². The van der Waals surface area contributed by atoms with E-state index in [9.17, 15) is 14.7 Å². The lowest BCUT2D eigenvalue weighted by molar-refractivity contribution is -0.146. The number of aliphatic hydroxyl groups is 1. The predicted octanol–water partition coefficient (Wildman–Crippen LogP) is 14.7. The lowest BCUT2D eigenvalue weighted by Crippen LogP contribution is -2.27. The van der Waals surface area contributed by atoms with Crippen molar-refractivity contribution in [2.24, 2.45) is 11.8 Å². The van der Waals surface area contributed by atoms with Crippen molar-refractivity contribution in [3.63, 3.8) is 0 Å². The van der Waals surface area contributed by atoms with Gasteiger partial charge in [0.05, 0.1) is 13.2 Å². The van der Waals surface area contributed by atoms with Crippen LogP contribution in [0.25, 0.3) is 0 Å². The highest BCUT2D eigenvalue weighted by molar-refractivity contribution is 5.69. The van der Waals surface area contributed by atoms with Gasteiger partial charge in [0, 0.05) is 19.4 Å². The molecule has 2 atom stereocenters. The van der Waals surface area contributed by atoms with E-state index in [1.165, 1.54) is 154 Å². The Labute approximate surface area is 350 Å². The van der Waals surface area contributed by atoms with Gasteiger partial charge in [-0.3, -0.25) is 9.59 Å². The van der Waals surface area contributed by atoms with Gasteiger partial charge in [0.25, 0.3) is 0 Å². The average molecular weight is 794 g/mol. The van der Waals surface area contributed by atoms with E-state index in [1.54, 1.807) is 0 Å². The van der Waals surface area contributed by atoms with E-state index in [0.717, 1.165) is 83.8 Å².